The van der Waals surface area contributed by atoms with Gasteiger partial charge in [0.25, 0.3) is 0 Å². The van der Waals surface area contributed by atoms with Crippen molar-refractivity contribution in [2.45, 2.75) is 45.0 Å². The fourth-order valence-corrected chi connectivity index (χ4v) is 0.730. The molecule has 54 valence electrons. The van der Waals surface area contributed by atoms with Crippen LogP contribution in [0.3, 0.4) is 0 Å². The lowest BCUT2D eigenvalue weighted by Gasteiger charge is -2.08. The molecule has 1 unspecified atom stereocenters. The summed E-state index contributed by atoms with van der Waals surface area (Å²) in [7, 11) is 2.22. The summed E-state index contributed by atoms with van der Waals surface area (Å²) in [5.41, 5.74) is 0. The van der Waals surface area contributed by atoms with Gasteiger partial charge in [0.05, 0.1) is 6.10 Å². The SMILES string of the molecule is BC(CC)CC[C@@H](C)O. The highest BCUT2D eigenvalue weighted by molar-refractivity contribution is 6.11. The molecule has 0 aliphatic rings. The van der Waals surface area contributed by atoms with Crippen molar-refractivity contribution in [3.8, 4) is 0 Å². The van der Waals surface area contributed by atoms with E-state index in [9.17, 15) is 0 Å². The molecule has 0 heterocycles. The molecule has 0 aromatic rings. The Morgan fingerprint density at radius 3 is 2.33 bits per heavy atom. The summed E-state index contributed by atoms with van der Waals surface area (Å²) >= 11 is 0. The topological polar surface area (TPSA) is 20.2 Å². The molecular formula is C7H17BO. The van der Waals surface area contributed by atoms with Crippen LogP contribution >= 0.6 is 0 Å². The summed E-state index contributed by atoms with van der Waals surface area (Å²) in [6.07, 6.45) is 3.23. The predicted molar refractivity (Wildman–Crippen MR) is 43.5 cm³/mol. The summed E-state index contributed by atoms with van der Waals surface area (Å²) in [6.45, 7) is 4.04. The van der Waals surface area contributed by atoms with Crippen LogP contribution in [0.2, 0.25) is 5.82 Å². The highest BCUT2D eigenvalue weighted by Gasteiger charge is 2.00. The Morgan fingerprint density at radius 1 is 1.44 bits per heavy atom. The van der Waals surface area contributed by atoms with Gasteiger partial charge in [-0.25, -0.2) is 0 Å². The fraction of sp³-hybridized carbons (Fsp3) is 1.00. The number of aliphatic hydroxyl groups excluding tert-OH is 1. The fourth-order valence-electron chi connectivity index (χ4n) is 0.730. The number of hydrogen-bond acceptors (Lipinski definition) is 1. The Bertz CT molecular complexity index is 63.9. The van der Waals surface area contributed by atoms with Gasteiger partial charge in [0, 0.05) is 0 Å². The van der Waals surface area contributed by atoms with Gasteiger partial charge in [-0.3, -0.25) is 0 Å². The van der Waals surface area contributed by atoms with Crippen LogP contribution in [0.25, 0.3) is 0 Å². The first kappa shape index (κ1) is 9.02. The lowest BCUT2D eigenvalue weighted by Crippen LogP contribution is -2.01. The van der Waals surface area contributed by atoms with Crippen LogP contribution in [0, 0.1) is 0 Å². The minimum absolute atomic E-state index is 0.112. The molecular weight excluding hydrogens is 111 g/mol. The molecule has 9 heavy (non-hydrogen) atoms. The molecule has 0 aliphatic heterocycles. The zero-order valence-corrected chi connectivity index (χ0v) is 6.72. The highest BCUT2D eigenvalue weighted by Crippen LogP contribution is 2.13. The number of aliphatic hydroxyl groups is 1. The molecule has 1 N–H and O–H groups in total. The third-order valence-electron chi connectivity index (χ3n) is 1.77. The molecule has 0 saturated carbocycles. The summed E-state index contributed by atoms with van der Waals surface area (Å²) < 4.78 is 0. The first-order valence-electron chi connectivity index (χ1n) is 3.84. The van der Waals surface area contributed by atoms with Gasteiger partial charge in [-0.05, 0) is 13.3 Å². The first-order chi connectivity index (χ1) is 4.16. The van der Waals surface area contributed by atoms with Crippen LogP contribution in [0.5, 0.6) is 0 Å². The standard InChI is InChI=1S/C7H17BO/c1-3-7(8)5-4-6(2)9/h6-7,9H,3-5,8H2,1-2H3/t6-,7?/m1/s1. The van der Waals surface area contributed by atoms with Crippen LogP contribution < -0.4 is 0 Å². The van der Waals surface area contributed by atoms with Crippen LogP contribution in [0.4, 0.5) is 0 Å². The molecule has 2 atom stereocenters. The van der Waals surface area contributed by atoms with E-state index in [1.54, 1.807) is 0 Å². The summed E-state index contributed by atoms with van der Waals surface area (Å²) in [6, 6.07) is 0. The normalized spacial score (nSPS) is 17.2. The summed E-state index contributed by atoms with van der Waals surface area (Å²) in [5, 5.41) is 8.90. The lowest BCUT2D eigenvalue weighted by atomic mass is 9.81. The van der Waals surface area contributed by atoms with Gasteiger partial charge in [0.2, 0.25) is 0 Å². The summed E-state index contributed by atoms with van der Waals surface area (Å²) in [5.74, 6) is 0.777. The van der Waals surface area contributed by atoms with Crippen molar-refractivity contribution in [2.24, 2.45) is 0 Å². The van der Waals surface area contributed by atoms with E-state index in [0.717, 1.165) is 18.7 Å². The minimum atomic E-state index is -0.112. The highest BCUT2D eigenvalue weighted by atomic mass is 16.3. The molecule has 0 bridgehead atoms. The molecule has 0 spiro atoms. The third kappa shape index (κ3) is 5.90. The molecule has 0 aromatic heterocycles. The van der Waals surface area contributed by atoms with Crippen molar-refractivity contribution in [3.63, 3.8) is 0 Å². The molecule has 0 fully saturated rings. The maximum absolute atomic E-state index is 8.90. The van der Waals surface area contributed by atoms with Gasteiger partial charge in [-0.1, -0.05) is 25.6 Å². The van der Waals surface area contributed by atoms with Crippen molar-refractivity contribution in [1.29, 1.82) is 0 Å². The van der Waals surface area contributed by atoms with Crippen molar-refractivity contribution >= 4 is 7.85 Å². The predicted octanol–water partition coefficient (Wildman–Crippen LogP) is 0.979. The molecule has 0 aliphatic carbocycles. The summed E-state index contributed by atoms with van der Waals surface area (Å²) in [4.78, 5) is 0. The molecule has 0 radical (unpaired) electrons. The molecule has 1 nitrogen and oxygen atoms in total. The maximum Gasteiger partial charge on any atom is 0.105 e. The molecule has 0 amide bonds. The van der Waals surface area contributed by atoms with E-state index < -0.39 is 0 Å². The zero-order chi connectivity index (χ0) is 7.28. The van der Waals surface area contributed by atoms with Crippen molar-refractivity contribution in [2.75, 3.05) is 0 Å². The molecule has 0 saturated heterocycles. The van der Waals surface area contributed by atoms with Gasteiger partial charge < -0.3 is 5.11 Å². The third-order valence-corrected chi connectivity index (χ3v) is 1.77. The van der Waals surface area contributed by atoms with E-state index in [0.29, 0.717) is 0 Å². The van der Waals surface area contributed by atoms with Crippen molar-refractivity contribution in [1.82, 2.24) is 0 Å². The average molecular weight is 128 g/mol. The van der Waals surface area contributed by atoms with E-state index in [1.165, 1.54) is 6.42 Å². The Hall–Kier alpha value is 0.0249. The van der Waals surface area contributed by atoms with E-state index in [-0.39, 0.29) is 6.10 Å². The first-order valence-corrected chi connectivity index (χ1v) is 3.84. The van der Waals surface area contributed by atoms with Gasteiger partial charge in [-0.2, -0.15) is 0 Å². The lowest BCUT2D eigenvalue weighted by molar-refractivity contribution is 0.180. The second kappa shape index (κ2) is 4.86. The minimum Gasteiger partial charge on any atom is -0.393 e. The monoisotopic (exact) mass is 128 g/mol. The van der Waals surface area contributed by atoms with Crippen LogP contribution in [-0.4, -0.2) is 19.1 Å². The van der Waals surface area contributed by atoms with E-state index in [1.807, 2.05) is 6.92 Å². The van der Waals surface area contributed by atoms with Crippen molar-refractivity contribution < 1.29 is 5.11 Å². The second-order valence-corrected chi connectivity index (χ2v) is 2.94. The Morgan fingerprint density at radius 2 is 2.00 bits per heavy atom. The second-order valence-electron chi connectivity index (χ2n) is 2.94. The van der Waals surface area contributed by atoms with Gasteiger partial charge >= 0.3 is 0 Å². The van der Waals surface area contributed by atoms with Gasteiger partial charge in [0.1, 0.15) is 7.85 Å². The Balaban J connectivity index is 3.06. The Kier molecular flexibility index (Phi) is 4.88. The largest absolute Gasteiger partial charge is 0.393 e. The average Bonchev–Trinajstić information content (AvgIpc) is 1.83. The Labute approximate surface area is 58.9 Å². The maximum atomic E-state index is 8.90. The van der Waals surface area contributed by atoms with E-state index in [4.69, 9.17) is 5.11 Å². The van der Waals surface area contributed by atoms with Gasteiger partial charge in [-0.15, -0.1) is 0 Å². The zero-order valence-electron chi connectivity index (χ0n) is 6.72. The van der Waals surface area contributed by atoms with E-state index in [2.05, 4.69) is 14.8 Å². The van der Waals surface area contributed by atoms with Gasteiger partial charge in [0.15, 0.2) is 0 Å². The molecule has 2 heteroatoms. The van der Waals surface area contributed by atoms with Crippen LogP contribution in [0.1, 0.15) is 33.1 Å². The van der Waals surface area contributed by atoms with Crippen LogP contribution in [0.15, 0.2) is 0 Å². The quantitative estimate of drug-likeness (QED) is 0.559. The smallest absolute Gasteiger partial charge is 0.105 e. The number of hydrogen-bond donors (Lipinski definition) is 1. The molecule has 0 aromatic carbocycles. The van der Waals surface area contributed by atoms with Crippen LogP contribution in [-0.2, 0) is 0 Å². The van der Waals surface area contributed by atoms with E-state index >= 15 is 0 Å². The number of rotatable bonds is 4. The molecule has 0 rings (SSSR count). The van der Waals surface area contributed by atoms with Crippen molar-refractivity contribution in [3.05, 3.63) is 0 Å².